The summed E-state index contributed by atoms with van der Waals surface area (Å²) < 4.78 is 0. The van der Waals surface area contributed by atoms with E-state index in [9.17, 15) is 9.59 Å². The summed E-state index contributed by atoms with van der Waals surface area (Å²) in [5.41, 5.74) is 1.74. The van der Waals surface area contributed by atoms with Crippen LogP contribution in [0.2, 0.25) is 0 Å². The molecule has 0 aliphatic carbocycles. The monoisotopic (exact) mass is 304 g/mol. The highest BCUT2D eigenvalue weighted by molar-refractivity contribution is 6.39. The fourth-order valence-electron chi connectivity index (χ4n) is 2.30. The average molecular weight is 304 g/mol. The number of hydrogen-bond acceptors (Lipinski definition) is 2. The van der Waals surface area contributed by atoms with Crippen LogP contribution in [0.3, 0.4) is 0 Å². The van der Waals surface area contributed by atoms with Gasteiger partial charge in [-0.15, -0.1) is 0 Å². The van der Waals surface area contributed by atoms with Gasteiger partial charge in [0.25, 0.3) is 0 Å². The van der Waals surface area contributed by atoms with Crippen molar-refractivity contribution in [3.63, 3.8) is 0 Å². The quantitative estimate of drug-likeness (QED) is 0.566. The maximum absolute atomic E-state index is 11.9. The largest absolute Gasteiger partial charge is 0.348 e. The van der Waals surface area contributed by atoms with Crippen molar-refractivity contribution in [3.05, 3.63) is 29.8 Å². The van der Waals surface area contributed by atoms with E-state index in [0.29, 0.717) is 12.2 Å². The first kappa shape index (κ1) is 18.2. The first-order valence-corrected chi connectivity index (χ1v) is 8.24. The highest BCUT2D eigenvalue weighted by Gasteiger charge is 2.15. The Labute approximate surface area is 133 Å². The second-order valence-electron chi connectivity index (χ2n) is 5.87. The molecule has 4 heteroatoms. The molecule has 0 spiro atoms. The van der Waals surface area contributed by atoms with Crippen molar-refractivity contribution in [2.24, 2.45) is 0 Å². The number of rotatable bonds is 8. The van der Waals surface area contributed by atoms with Crippen molar-refractivity contribution in [3.8, 4) is 0 Å². The van der Waals surface area contributed by atoms with Gasteiger partial charge < -0.3 is 10.6 Å². The molecule has 4 nitrogen and oxygen atoms in total. The van der Waals surface area contributed by atoms with Crippen LogP contribution >= 0.6 is 0 Å². The summed E-state index contributed by atoms with van der Waals surface area (Å²) in [4.78, 5) is 23.7. The number of benzene rings is 1. The molecule has 1 aromatic carbocycles. The molecule has 0 aliphatic rings. The third-order valence-corrected chi connectivity index (χ3v) is 3.60. The lowest BCUT2D eigenvalue weighted by molar-refractivity contribution is -0.136. The number of nitrogens with one attached hydrogen (secondary N) is 2. The minimum Gasteiger partial charge on any atom is -0.348 e. The Morgan fingerprint density at radius 2 is 1.68 bits per heavy atom. The van der Waals surface area contributed by atoms with E-state index in [2.05, 4.69) is 31.4 Å². The number of amides is 2. The van der Waals surface area contributed by atoms with Gasteiger partial charge in [-0.25, -0.2) is 0 Å². The van der Waals surface area contributed by atoms with Gasteiger partial charge in [0.2, 0.25) is 0 Å². The van der Waals surface area contributed by atoms with Gasteiger partial charge in [-0.05, 0) is 24.0 Å². The van der Waals surface area contributed by atoms with Crippen LogP contribution in [0.4, 0.5) is 5.69 Å². The Morgan fingerprint density at radius 3 is 2.36 bits per heavy atom. The predicted molar refractivity (Wildman–Crippen MR) is 90.9 cm³/mol. The van der Waals surface area contributed by atoms with Gasteiger partial charge in [0.1, 0.15) is 0 Å². The van der Waals surface area contributed by atoms with Crippen LogP contribution in [-0.2, 0) is 9.59 Å². The fraction of sp³-hybridized carbons (Fsp3) is 0.556. The van der Waals surface area contributed by atoms with Gasteiger partial charge in [-0.1, -0.05) is 64.7 Å². The Morgan fingerprint density at radius 1 is 1.00 bits per heavy atom. The van der Waals surface area contributed by atoms with Crippen molar-refractivity contribution in [2.75, 3.05) is 11.9 Å². The Bertz CT molecular complexity index is 484. The molecule has 1 aromatic rings. The van der Waals surface area contributed by atoms with E-state index in [0.717, 1.165) is 18.4 Å². The number of anilines is 1. The lowest BCUT2D eigenvalue weighted by Gasteiger charge is -2.13. The minimum atomic E-state index is -0.596. The van der Waals surface area contributed by atoms with Gasteiger partial charge in [-0.3, -0.25) is 9.59 Å². The maximum Gasteiger partial charge on any atom is 0.313 e. The standard InChI is InChI=1S/C18H28N2O2/c1-4-5-6-7-10-13-19-17(21)18(22)20-16-12-9-8-11-15(16)14(2)3/h8-9,11-12,14H,4-7,10,13H2,1-3H3,(H,19,21)(H,20,22). The normalized spacial score (nSPS) is 10.5. The molecular weight excluding hydrogens is 276 g/mol. The molecule has 0 radical (unpaired) electrons. The molecule has 122 valence electrons. The van der Waals surface area contributed by atoms with E-state index in [1.165, 1.54) is 19.3 Å². The number of carbonyl (C=O) groups excluding carboxylic acids is 2. The third kappa shape index (κ3) is 6.29. The van der Waals surface area contributed by atoms with Gasteiger partial charge >= 0.3 is 11.8 Å². The van der Waals surface area contributed by atoms with Gasteiger partial charge in [-0.2, -0.15) is 0 Å². The molecule has 0 saturated carbocycles. The Balaban J connectivity index is 2.40. The summed E-state index contributed by atoms with van der Waals surface area (Å²) in [7, 11) is 0. The summed E-state index contributed by atoms with van der Waals surface area (Å²) in [5.74, 6) is -0.867. The third-order valence-electron chi connectivity index (χ3n) is 3.60. The topological polar surface area (TPSA) is 58.2 Å². The van der Waals surface area contributed by atoms with Crippen LogP contribution in [0.5, 0.6) is 0 Å². The van der Waals surface area contributed by atoms with Crippen LogP contribution < -0.4 is 10.6 Å². The smallest absolute Gasteiger partial charge is 0.313 e. The highest BCUT2D eigenvalue weighted by Crippen LogP contribution is 2.23. The molecule has 2 N–H and O–H groups in total. The predicted octanol–water partition coefficient (Wildman–Crippen LogP) is 3.84. The second kappa shape index (κ2) is 9.98. The Hall–Kier alpha value is -1.84. The van der Waals surface area contributed by atoms with Crippen molar-refractivity contribution in [1.82, 2.24) is 5.32 Å². The molecule has 2 amide bonds. The van der Waals surface area contributed by atoms with Crippen LogP contribution in [0, 0.1) is 0 Å². The molecule has 0 heterocycles. The average Bonchev–Trinajstić information content (AvgIpc) is 2.50. The van der Waals surface area contributed by atoms with Crippen LogP contribution in [0.25, 0.3) is 0 Å². The summed E-state index contributed by atoms with van der Waals surface area (Å²) >= 11 is 0. The molecule has 0 unspecified atom stereocenters. The van der Waals surface area contributed by atoms with E-state index in [1.54, 1.807) is 0 Å². The van der Waals surface area contributed by atoms with E-state index < -0.39 is 11.8 Å². The van der Waals surface area contributed by atoms with Crippen molar-refractivity contribution in [1.29, 1.82) is 0 Å². The fourth-order valence-corrected chi connectivity index (χ4v) is 2.30. The van der Waals surface area contributed by atoms with Crippen LogP contribution in [0.15, 0.2) is 24.3 Å². The van der Waals surface area contributed by atoms with Crippen molar-refractivity contribution < 1.29 is 9.59 Å². The zero-order valence-electron chi connectivity index (χ0n) is 13.9. The summed E-state index contributed by atoms with van der Waals surface area (Å²) in [6.07, 6.45) is 5.61. The lowest BCUT2D eigenvalue weighted by Crippen LogP contribution is -2.36. The van der Waals surface area contributed by atoms with Crippen molar-refractivity contribution in [2.45, 2.75) is 58.8 Å². The van der Waals surface area contributed by atoms with E-state index in [4.69, 9.17) is 0 Å². The maximum atomic E-state index is 11.9. The summed E-state index contributed by atoms with van der Waals surface area (Å²) in [5, 5.41) is 5.38. The van der Waals surface area contributed by atoms with Gasteiger partial charge in [0.15, 0.2) is 0 Å². The summed E-state index contributed by atoms with van der Waals surface area (Å²) in [6, 6.07) is 7.58. The van der Waals surface area contributed by atoms with Gasteiger partial charge in [0.05, 0.1) is 0 Å². The van der Waals surface area contributed by atoms with Crippen LogP contribution in [0.1, 0.15) is 64.4 Å². The number of unbranched alkanes of at least 4 members (excludes halogenated alkanes) is 4. The van der Waals surface area contributed by atoms with E-state index in [-0.39, 0.29) is 5.92 Å². The lowest BCUT2D eigenvalue weighted by atomic mass is 10.0. The molecule has 0 fully saturated rings. The molecule has 0 aromatic heterocycles. The first-order valence-electron chi connectivity index (χ1n) is 8.24. The Kier molecular flexibility index (Phi) is 8.26. The molecule has 0 saturated heterocycles. The molecule has 0 atom stereocenters. The second-order valence-corrected chi connectivity index (χ2v) is 5.87. The number of hydrogen-bond donors (Lipinski definition) is 2. The molecule has 0 aliphatic heterocycles. The van der Waals surface area contributed by atoms with Gasteiger partial charge in [0, 0.05) is 12.2 Å². The van der Waals surface area contributed by atoms with Crippen LogP contribution in [-0.4, -0.2) is 18.4 Å². The van der Waals surface area contributed by atoms with Crippen molar-refractivity contribution >= 4 is 17.5 Å². The van der Waals surface area contributed by atoms with E-state index in [1.807, 2.05) is 24.3 Å². The summed E-state index contributed by atoms with van der Waals surface area (Å²) in [6.45, 7) is 6.84. The number of para-hydroxylation sites is 1. The zero-order chi connectivity index (χ0) is 16.4. The zero-order valence-corrected chi connectivity index (χ0v) is 13.9. The highest BCUT2D eigenvalue weighted by atomic mass is 16.2. The minimum absolute atomic E-state index is 0.290. The SMILES string of the molecule is CCCCCCCNC(=O)C(=O)Nc1ccccc1C(C)C. The first-order chi connectivity index (χ1) is 10.6. The van der Waals surface area contributed by atoms with E-state index >= 15 is 0 Å². The molecular formula is C18H28N2O2. The molecule has 0 bridgehead atoms. The number of carbonyl (C=O) groups is 2. The molecule has 22 heavy (non-hydrogen) atoms. The molecule has 1 rings (SSSR count).